The molecule has 6 heteroatoms. The molecule has 3 aromatic rings. The van der Waals surface area contributed by atoms with Crippen LogP contribution in [0.5, 0.6) is 0 Å². The Morgan fingerprint density at radius 2 is 1.92 bits per heavy atom. The van der Waals surface area contributed by atoms with Gasteiger partial charge in [0.05, 0.1) is 11.4 Å². The Hall–Kier alpha value is -3.02. The fourth-order valence-corrected chi connectivity index (χ4v) is 3.02. The molecule has 4 nitrogen and oxygen atoms in total. The molecular weight excluding hydrogens is 312 g/mol. The van der Waals surface area contributed by atoms with Crippen molar-refractivity contribution < 1.29 is 13.6 Å². The molecule has 0 spiro atoms. The molecule has 0 radical (unpaired) electrons. The lowest BCUT2D eigenvalue weighted by molar-refractivity contribution is -0.116. The molecule has 1 amide bonds. The summed E-state index contributed by atoms with van der Waals surface area (Å²) in [5, 5.41) is 2.73. The van der Waals surface area contributed by atoms with Crippen LogP contribution in [0.15, 0.2) is 54.9 Å². The second kappa shape index (κ2) is 5.56. The van der Waals surface area contributed by atoms with E-state index in [-0.39, 0.29) is 23.9 Å². The van der Waals surface area contributed by atoms with E-state index < -0.39 is 11.6 Å². The quantitative estimate of drug-likeness (QED) is 0.782. The molecular formula is C18H13F2N3O. The smallest absolute Gasteiger partial charge is 0.226 e. The van der Waals surface area contributed by atoms with E-state index in [1.807, 2.05) is 30.3 Å². The monoisotopic (exact) mass is 325 g/mol. The van der Waals surface area contributed by atoms with Crippen molar-refractivity contribution in [2.45, 2.75) is 12.3 Å². The van der Waals surface area contributed by atoms with Crippen molar-refractivity contribution >= 4 is 11.7 Å². The third-order valence-corrected chi connectivity index (χ3v) is 4.14. The van der Waals surface area contributed by atoms with Crippen molar-refractivity contribution in [2.75, 3.05) is 5.32 Å². The molecule has 120 valence electrons. The molecule has 1 aliphatic heterocycles. The van der Waals surface area contributed by atoms with Crippen LogP contribution in [0.25, 0.3) is 5.69 Å². The molecule has 1 aliphatic rings. The molecule has 2 heterocycles. The molecule has 24 heavy (non-hydrogen) atoms. The van der Waals surface area contributed by atoms with E-state index in [0.717, 1.165) is 23.8 Å². The van der Waals surface area contributed by atoms with Gasteiger partial charge in [0.25, 0.3) is 0 Å². The van der Waals surface area contributed by atoms with E-state index in [9.17, 15) is 13.6 Å². The lowest BCUT2D eigenvalue weighted by Crippen LogP contribution is -2.25. The molecule has 0 saturated carbocycles. The van der Waals surface area contributed by atoms with Crippen molar-refractivity contribution in [3.05, 3.63) is 77.8 Å². The highest BCUT2D eigenvalue weighted by atomic mass is 19.1. The first kappa shape index (κ1) is 14.6. The Labute approximate surface area is 136 Å². The summed E-state index contributed by atoms with van der Waals surface area (Å²) in [4.78, 5) is 16.5. The molecule has 0 fully saturated rings. The summed E-state index contributed by atoms with van der Waals surface area (Å²) in [6, 6.07) is 12.7. The van der Waals surface area contributed by atoms with Crippen LogP contribution in [0.2, 0.25) is 0 Å². The molecule has 1 unspecified atom stereocenters. The lowest BCUT2D eigenvalue weighted by atomic mass is 9.90. The molecule has 1 N–H and O–H groups in total. The van der Waals surface area contributed by atoms with Crippen LogP contribution in [-0.4, -0.2) is 15.5 Å². The summed E-state index contributed by atoms with van der Waals surface area (Å²) in [7, 11) is 0. The minimum absolute atomic E-state index is 0.0118. The van der Waals surface area contributed by atoms with Gasteiger partial charge in [0.15, 0.2) is 0 Å². The van der Waals surface area contributed by atoms with Gasteiger partial charge in [-0.2, -0.15) is 0 Å². The number of anilines is 1. The van der Waals surface area contributed by atoms with Crippen LogP contribution in [-0.2, 0) is 4.79 Å². The van der Waals surface area contributed by atoms with Crippen LogP contribution in [0.1, 0.15) is 23.6 Å². The Morgan fingerprint density at radius 1 is 1.12 bits per heavy atom. The summed E-state index contributed by atoms with van der Waals surface area (Å²) >= 11 is 0. The normalized spacial score (nSPS) is 16.6. The second-order valence-corrected chi connectivity index (χ2v) is 5.66. The second-order valence-electron chi connectivity index (χ2n) is 5.66. The summed E-state index contributed by atoms with van der Waals surface area (Å²) in [5.41, 5.74) is 1.61. The molecule has 0 aliphatic carbocycles. The number of imidazole rings is 1. The van der Waals surface area contributed by atoms with Crippen LogP contribution >= 0.6 is 0 Å². The number of rotatable bonds is 2. The molecule has 0 bridgehead atoms. The van der Waals surface area contributed by atoms with Gasteiger partial charge >= 0.3 is 0 Å². The van der Waals surface area contributed by atoms with Crippen LogP contribution < -0.4 is 5.32 Å². The Balaban J connectivity index is 1.86. The summed E-state index contributed by atoms with van der Waals surface area (Å²) in [6.07, 6.45) is 1.67. The number of nitrogens with one attached hydrogen (secondary N) is 1. The Morgan fingerprint density at radius 3 is 2.71 bits per heavy atom. The zero-order valence-electron chi connectivity index (χ0n) is 12.5. The zero-order valence-corrected chi connectivity index (χ0v) is 12.5. The number of aromatic nitrogens is 2. The fourth-order valence-electron chi connectivity index (χ4n) is 3.02. The average Bonchev–Trinajstić information content (AvgIpc) is 3.00. The first-order valence-electron chi connectivity index (χ1n) is 7.51. The van der Waals surface area contributed by atoms with Gasteiger partial charge in [-0.15, -0.1) is 0 Å². The lowest BCUT2D eigenvalue weighted by Gasteiger charge is -2.23. The number of benzene rings is 2. The molecule has 0 saturated heterocycles. The number of hydrogen-bond donors (Lipinski definition) is 1. The predicted molar refractivity (Wildman–Crippen MR) is 85.0 cm³/mol. The highest BCUT2D eigenvalue weighted by Gasteiger charge is 2.31. The molecule has 1 aromatic heterocycles. The van der Waals surface area contributed by atoms with Crippen LogP contribution in [0.4, 0.5) is 14.6 Å². The van der Waals surface area contributed by atoms with E-state index in [2.05, 4.69) is 10.3 Å². The first-order valence-corrected chi connectivity index (χ1v) is 7.51. The van der Waals surface area contributed by atoms with Crippen LogP contribution in [0, 0.1) is 11.6 Å². The fraction of sp³-hybridized carbons (Fsp3) is 0.111. The predicted octanol–water partition coefficient (Wildman–Crippen LogP) is 3.62. The van der Waals surface area contributed by atoms with Gasteiger partial charge in [0.1, 0.15) is 23.8 Å². The highest BCUT2D eigenvalue weighted by Crippen LogP contribution is 2.37. The largest absolute Gasteiger partial charge is 0.310 e. The molecule has 4 rings (SSSR count). The average molecular weight is 325 g/mol. The van der Waals surface area contributed by atoms with Crippen LogP contribution in [0.3, 0.4) is 0 Å². The van der Waals surface area contributed by atoms with Crippen molar-refractivity contribution in [1.29, 1.82) is 0 Å². The number of carbonyl (C=O) groups is 1. The topological polar surface area (TPSA) is 46.9 Å². The minimum atomic E-state index is -0.590. The number of amides is 1. The van der Waals surface area contributed by atoms with Gasteiger partial charge in [-0.05, 0) is 17.7 Å². The molecule has 2 aromatic carbocycles. The van der Waals surface area contributed by atoms with Gasteiger partial charge in [-0.1, -0.05) is 30.3 Å². The number of halogens is 2. The van der Waals surface area contributed by atoms with Gasteiger partial charge in [0.2, 0.25) is 5.91 Å². The third-order valence-electron chi connectivity index (χ3n) is 4.14. The summed E-state index contributed by atoms with van der Waals surface area (Å²) in [5.74, 6) is -1.17. The van der Waals surface area contributed by atoms with Gasteiger partial charge in [0, 0.05) is 18.4 Å². The van der Waals surface area contributed by atoms with Crippen molar-refractivity contribution in [2.24, 2.45) is 0 Å². The first-order chi connectivity index (χ1) is 11.6. The number of nitrogens with zero attached hydrogens (tertiary/aromatic N) is 2. The van der Waals surface area contributed by atoms with Gasteiger partial charge in [-0.3, -0.25) is 9.36 Å². The van der Waals surface area contributed by atoms with E-state index in [4.69, 9.17) is 0 Å². The zero-order chi connectivity index (χ0) is 16.7. The van der Waals surface area contributed by atoms with Crippen molar-refractivity contribution in [1.82, 2.24) is 9.55 Å². The van der Waals surface area contributed by atoms with Gasteiger partial charge < -0.3 is 5.32 Å². The number of hydrogen-bond acceptors (Lipinski definition) is 2. The maximum Gasteiger partial charge on any atom is 0.226 e. The Bertz CT molecular complexity index is 921. The summed E-state index contributed by atoms with van der Waals surface area (Å²) < 4.78 is 29.0. The van der Waals surface area contributed by atoms with Gasteiger partial charge in [-0.25, -0.2) is 13.8 Å². The maximum absolute atomic E-state index is 14.1. The number of carbonyl (C=O) groups excluding carboxylic acids is 1. The van der Waals surface area contributed by atoms with E-state index in [1.165, 1.54) is 10.9 Å². The number of fused-ring (bicyclic) bond motifs is 1. The maximum atomic E-state index is 14.1. The third kappa shape index (κ3) is 2.36. The SMILES string of the molecule is O=C1CC(c2ccccc2)c2ncn(-c3cc(F)ccc3F)c2N1. The van der Waals surface area contributed by atoms with E-state index in [1.54, 1.807) is 0 Å². The highest BCUT2D eigenvalue weighted by molar-refractivity contribution is 5.94. The standard InChI is InChI=1S/C18H13F2N3O/c19-12-6-7-14(20)15(8-12)23-10-21-17-13(9-16(24)22-18(17)23)11-4-2-1-3-5-11/h1-8,10,13H,9H2,(H,22,24). The van der Waals surface area contributed by atoms with Crippen molar-refractivity contribution in [3.8, 4) is 5.69 Å². The van der Waals surface area contributed by atoms with Crippen molar-refractivity contribution in [3.63, 3.8) is 0 Å². The summed E-state index contributed by atoms with van der Waals surface area (Å²) in [6.45, 7) is 0. The van der Waals surface area contributed by atoms with E-state index in [0.29, 0.717) is 11.5 Å². The van der Waals surface area contributed by atoms with E-state index >= 15 is 0 Å². The minimum Gasteiger partial charge on any atom is -0.310 e. The Kier molecular flexibility index (Phi) is 3.37. The molecule has 1 atom stereocenters.